The Labute approximate surface area is 109 Å². The Bertz CT molecular complexity index is 431. The topological polar surface area (TPSA) is 33.1 Å². The molecule has 0 amide bonds. The molecule has 1 heterocycles. The third kappa shape index (κ3) is 1.87. The number of hydrogen-bond acceptors (Lipinski definition) is 2. The van der Waals surface area contributed by atoms with Crippen molar-refractivity contribution in [2.24, 2.45) is 5.92 Å². The summed E-state index contributed by atoms with van der Waals surface area (Å²) in [4.78, 5) is 4.60. The summed E-state index contributed by atoms with van der Waals surface area (Å²) < 4.78 is 0. The molecule has 3 atom stereocenters. The van der Waals surface area contributed by atoms with Gasteiger partial charge in [-0.3, -0.25) is 4.98 Å². The van der Waals surface area contributed by atoms with Gasteiger partial charge >= 0.3 is 0 Å². The van der Waals surface area contributed by atoms with Crippen LogP contribution >= 0.6 is 0 Å². The van der Waals surface area contributed by atoms with Crippen molar-refractivity contribution in [3.63, 3.8) is 0 Å². The summed E-state index contributed by atoms with van der Waals surface area (Å²) in [5.74, 6) is 0.668. The van der Waals surface area contributed by atoms with Crippen molar-refractivity contribution < 1.29 is 5.11 Å². The maximum absolute atomic E-state index is 11.2. The van der Waals surface area contributed by atoms with Gasteiger partial charge in [-0.1, -0.05) is 25.8 Å². The van der Waals surface area contributed by atoms with Gasteiger partial charge in [0.15, 0.2) is 0 Å². The number of fused-ring (bicyclic) bond motifs is 1. The molecular formula is C16H23NO. The van der Waals surface area contributed by atoms with Crippen molar-refractivity contribution in [1.29, 1.82) is 0 Å². The minimum absolute atomic E-state index is 0.262. The molecule has 98 valence electrons. The van der Waals surface area contributed by atoms with Crippen molar-refractivity contribution >= 4 is 0 Å². The smallest absolute Gasteiger partial charge is 0.0756 e. The molecule has 1 saturated carbocycles. The Hall–Kier alpha value is -0.890. The lowest BCUT2D eigenvalue weighted by molar-refractivity contribution is -0.0689. The average Bonchev–Trinajstić information content (AvgIpc) is 2.41. The highest BCUT2D eigenvalue weighted by Crippen LogP contribution is 2.47. The number of aryl methyl sites for hydroxylation is 1. The molecular weight excluding hydrogens is 222 g/mol. The lowest BCUT2D eigenvalue weighted by Crippen LogP contribution is -2.46. The molecule has 0 radical (unpaired) electrons. The Morgan fingerprint density at radius 3 is 3.00 bits per heavy atom. The van der Waals surface area contributed by atoms with E-state index >= 15 is 0 Å². The Kier molecular flexibility index (Phi) is 3.14. The second-order valence-corrected chi connectivity index (χ2v) is 6.13. The van der Waals surface area contributed by atoms with E-state index in [1.807, 2.05) is 12.3 Å². The predicted octanol–water partition coefficient (Wildman–Crippen LogP) is 3.44. The van der Waals surface area contributed by atoms with Gasteiger partial charge in [-0.05, 0) is 49.7 Å². The van der Waals surface area contributed by atoms with E-state index in [4.69, 9.17) is 0 Å². The van der Waals surface area contributed by atoms with E-state index in [0.717, 1.165) is 25.7 Å². The number of aliphatic hydroxyl groups is 1. The molecule has 2 aliphatic carbocycles. The summed E-state index contributed by atoms with van der Waals surface area (Å²) in [5, 5.41) is 11.2. The fourth-order valence-corrected chi connectivity index (χ4v) is 3.97. The average molecular weight is 245 g/mol. The minimum atomic E-state index is -0.512. The van der Waals surface area contributed by atoms with Crippen molar-refractivity contribution in [2.45, 2.75) is 63.4 Å². The standard InChI is InChI=1S/C16H23NO/c1-12-6-2-3-10-16(12,18)14-9-4-7-13-8-5-11-17-15(13)14/h5,8,11-12,14,18H,2-4,6-7,9-10H2,1H3. The van der Waals surface area contributed by atoms with Crippen LogP contribution in [0.25, 0.3) is 0 Å². The zero-order chi connectivity index (χ0) is 12.6. The summed E-state index contributed by atoms with van der Waals surface area (Å²) >= 11 is 0. The van der Waals surface area contributed by atoms with E-state index in [1.54, 1.807) is 0 Å². The van der Waals surface area contributed by atoms with E-state index in [-0.39, 0.29) is 5.92 Å². The first-order chi connectivity index (χ1) is 8.72. The highest BCUT2D eigenvalue weighted by Gasteiger charge is 2.45. The third-order valence-corrected chi connectivity index (χ3v) is 5.12. The maximum atomic E-state index is 11.2. The molecule has 3 unspecified atom stereocenters. The zero-order valence-corrected chi connectivity index (χ0v) is 11.2. The molecule has 2 aliphatic rings. The maximum Gasteiger partial charge on any atom is 0.0756 e. The summed E-state index contributed by atoms with van der Waals surface area (Å²) in [6, 6.07) is 4.21. The molecule has 0 spiro atoms. The van der Waals surface area contributed by atoms with Crippen molar-refractivity contribution in [3.05, 3.63) is 29.6 Å². The first kappa shape index (κ1) is 12.2. The fraction of sp³-hybridized carbons (Fsp3) is 0.688. The van der Waals surface area contributed by atoms with Gasteiger partial charge in [0.2, 0.25) is 0 Å². The van der Waals surface area contributed by atoms with Crippen LogP contribution in [-0.4, -0.2) is 15.7 Å². The van der Waals surface area contributed by atoms with Gasteiger partial charge in [-0.15, -0.1) is 0 Å². The van der Waals surface area contributed by atoms with Gasteiger partial charge in [0.25, 0.3) is 0 Å². The van der Waals surface area contributed by atoms with Crippen LogP contribution in [0.2, 0.25) is 0 Å². The van der Waals surface area contributed by atoms with Gasteiger partial charge in [0, 0.05) is 17.8 Å². The van der Waals surface area contributed by atoms with E-state index in [9.17, 15) is 5.11 Å². The molecule has 18 heavy (non-hydrogen) atoms. The largest absolute Gasteiger partial charge is 0.389 e. The van der Waals surface area contributed by atoms with Crippen LogP contribution in [0.3, 0.4) is 0 Å². The monoisotopic (exact) mass is 245 g/mol. The normalized spacial score (nSPS) is 36.1. The van der Waals surface area contributed by atoms with E-state index in [2.05, 4.69) is 18.0 Å². The number of nitrogens with zero attached hydrogens (tertiary/aromatic N) is 1. The molecule has 0 bridgehead atoms. The van der Waals surface area contributed by atoms with Crippen LogP contribution < -0.4 is 0 Å². The van der Waals surface area contributed by atoms with E-state index in [1.165, 1.54) is 30.5 Å². The lowest BCUT2D eigenvalue weighted by atomic mass is 9.64. The van der Waals surface area contributed by atoms with E-state index < -0.39 is 5.60 Å². The number of rotatable bonds is 1. The summed E-state index contributed by atoms with van der Waals surface area (Å²) in [7, 11) is 0. The van der Waals surface area contributed by atoms with Crippen LogP contribution in [0.15, 0.2) is 18.3 Å². The van der Waals surface area contributed by atoms with E-state index in [0.29, 0.717) is 5.92 Å². The van der Waals surface area contributed by atoms with Crippen molar-refractivity contribution in [3.8, 4) is 0 Å². The van der Waals surface area contributed by atoms with Crippen LogP contribution in [-0.2, 0) is 6.42 Å². The first-order valence-electron chi connectivity index (χ1n) is 7.38. The molecule has 1 aromatic heterocycles. The predicted molar refractivity (Wildman–Crippen MR) is 72.5 cm³/mol. The fourth-order valence-electron chi connectivity index (χ4n) is 3.97. The van der Waals surface area contributed by atoms with Gasteiger partial charge in [0.1, 0.15) is 0 Å². The molecule has 0 aliphatic heterocycles. The van der Waals surface area contributed by atoms with Gasteiger partial charge < -0.3 is 5.11 Å². The van der Waals surface area contributed by atoms with Crippen LogP contribution in [0, 0.1) is 5.92 Å². The highest BCUT2D eigenvalue weighted by molar-refractivity contribution is 5.29. The lowest BCUT2D eigenvalue weighted by Gasteiger charge is -2.45. The third-order valence-electron chi connectivity index (χ3n) is 5.12. The number of aromatic nitrogens is 1. The van der Waals surface area contributed by atoms with Crippen LogP contribution in [0.4, 0.5) is 0 Å². The Morgan fingerprint density at radius 2 is 2.17 bits per heavy atom. The first-order valence-corrected chi connectivity index (χ1v) is 7.38. The molecule has 1 fully saturated rings. The van der Waals surface area contributed by atoms with Crippen LogP contribution in [0.5, 0.6) is 0 Å². The quantitative estimate of drug-likeness (QED) is 0.822. The summed E-state index contributed by atoms with van der Waals surface area (Å²) in [5.41, 5.74) is 2.03. The summed E-state index contributed by atoms with van der Waals surface area (Å²) in [6.07, 6.45) is 9.86. The molecule has 1 aromatic rings. The number of pyridine rings is 1. The molecule has 2 heteroatoms. The molecule has 0 aromatic carbocycles. The molecule has 2 nitrogen and oxygen atoms in total. The second-order valence-electron chi connectivity index (χ2n) is 6.13. The Morgan fingerprint density at radius 1 is 1.28 bits per heavy atom. The SMILES string of the molecule is CC1CCCCC1(O)C1CCCc2cccnc21. The van der Waals surface area contributed by atoms with Crippen LogP contribution in [0.1, 0.15) is 62.6 Å². The van der Waals surface area contributed by atoms with Gasteiger partial charge in [-0.2, -0.15) is 0 Å². The molecule has 0 saturated heterocycles. The second kappa shape index (κ2) is 4.65. The van der Waals surface area contributed by atoms with Crippen molar-refractivity contribution in [2.75, 3.05) is 0 Å². The van der Waals surface area contributed by atoms with Gasteiger partial charge in [0.05, 0.1) is 5.60 Å². The highest BCUT2D eigenvalue weighted by atomic mass is 16.3. The zero-order valence-electron chi connectivity index (χ0n) is 11.2. The Balaban J connectivity index is 1.97. The van der Waals surface area contributed by atoms with Crippen molar-refractivity contribution in [1.82, 2.24) is 4.98 Å². The molecule has 3 rings (SSSR count). The minimum Gasteiger partial charge on any atom is -0.389 e. The van der Waals surface area contributed by atoms with Gasteiger partial charge in [-0.25, -0.2) is 0 Å². The number of hydrogen-bond donors (Lipinski definition) is 1. The molecule has 1 N–H and O–H groups in total. The summed E-state index contributed by atoms with van der Waals surface area (Å²) in [6.45, 7) is 2.22.